The van der Waals surface area contributed by atoms with Gasteiger partial charge < -0.3 is 10.2 Å². The summed E-state index contributed by atoms with van der Waals surface area (Å²) in [7, 11) is 0. The highest BCUT2D eigenvalue weighted by Gasteiger charge is 2.33. The van der Waals surface area contributed by atoms with E-state index < -0.39 is 0 Å². The summed E-state index contributed by atoms with van der Waals surface area (Å²) in [6.07, 6.45) is 1.71. The Balaban J connectivity index is 2.13. The smallest absolute Gasteiger partial charge is 0.244 e. The minimum atomic E-state index is -0.367. The molecule has 1 aliphatic heterocycles. The third-order valence-corrected chi connectivity index (χ3v) is 3.54. The van der Waals surface area contributed by atoms with Gasteiger partial charge in [-0.1, -0.05) is 22.9 Å². The molecular formula is C13H16BrFN2O. The summed E-state index contributed by atoms with van der Waals surface area (Å²) in [5.74, 6) is -0.404. The van der Waals surface area contributed by atoms with Gasteiger partial charge in [-0.3, -0.25) is 4.79 Å². The largest absolute Gasteiger partial charge is 0.308 e. The summed E-state index contributed by atoms with van der Waals surface area (Å²) < 4.78 is 14.5. The van der Waals surface area contributed by atoms with Crippen LogP contribution >= 0.6 is 15.9 Å². The van der Waals surface area contributed by atoms with E-state index in [1.54, 1.807) is 12.1 Å². The van der Waals surface area contributed by atoms with Crippen LogP contribution in [0, 0.1) is 5.82 Å². The first-order valence-electron chi connectivity index (χ1n) is 6.13. The van der Waals surface area contributed by atoms with Crippen LogP contribution in [0.4, 0.5) is 10.1 Å². The lowest BCUT2D eigenvalue weighted by Gasteiger charge is -2.18. The van der Waals surface area contributed by atoms with Crippen molar-refractivity contribution in [1.82, 2.24) is 5.32 Å². The maximum Gasteiger partial charge on any atom is 0.244 e. The Labute approximate surface area is 114 Å². The van der Waals surface area contributed by atoms with Crippen molar-refractivity contribution in [3.8, 4) is 0 Å². The predicted molar refractivity (Wildman–Crippen MR) is 73.2 cm³/mol. The number of rotatable bonds is 4. The summed E-state index contributed by atoms with van der Waals surface area (Å²) in [5, 5.41) is 3.19. The SMILES string of the molecule is CCCNC1CCN(c2ccc(Br)cc2F)C1=O. The number of nitrogens with zero attached hydrogens (tertiary/aromatic N) is 1. The van der Waals surface area contributed by atoms with Gasteiger partial charge in [0.15, 0.2) is 0 Å². The molecule has 1 aliphatic rings. The third kappa shape index (κ3) is 2.72. The Hall–Kier alpha value is -0.940. The number of hydrogen-bond donors (Lipinski definition) is 1. The number of carbonyl (C=O) groups excluding carboxylic acids is 1. The molecule has 0 radical (unpaired) electrons. The van der Waals surface area contributed by atoms with Crippen molar-refractivity contribution < 1.29 is 9.18 Å². The monoisotopic (exact) mass is 314 g/mol. The molecule has 1 fully saturated rings. The summed E-state index contributed by atoms with van der Waals surface area (Å²) in [5.41, 5.74) is 0.365. The highest BCUT2D eigenvalue weighted by molar-refractivity contribution is 9.10. The lowest BCUT2D eigenvalue weighted by molar-refractivity contribution is -0.118. The van der Waals surface area contributed by atoms with Crippen molar-refractivity contribution in [2.75, 3.05) is 18.0 Å². The van der Waals surface area contributed by atoms with E-state index in [0.717, 1.165) is 19.4 Å². The molecule has 0 aliphatic carbocycles. The average Bonchev–Trinajstić information content (AvgIpc) is 2.68. The topological polar surface area (TPSA) is 32.3 Å². The first-order valence-corrected chi connectivity index (χ1v) is 6.92. The van der Waals surface area contributed by atoms with Gasteiger partial charge in [0.05, 0.1) is 11.7 Å². The summed E-state index contributed by atoms with van der Waals surface area (Å²) in [6, 6.07) is 4.60. The zero-order valence-electron chi connectivity index (χ0n) is 10.2. The molecule has 0 aromatic heterocycles. The highest BCUT2D eigenvalue weighted by atomic mass is 79.9. The first-order chi connectivity index (χ1) is 8.63. The minimum absolute atomic E-state index is 0.0373. The molecule has 5 heteroatoms. The molecule has 1 atom stereocenters. The zero-order chi connectivity index (χ0) is 13.1. The number of nitrogens with one attached hydrogen (secondary N) is 1. The van der Waals surface area contributed by atoms with Gasteiger partial charge in [-0.25, -0.2) is 4.39 Å². The number of anilines is 1. The van der Waals surface area contributed by atoms with Crippen molar-refractivity contribution >= 4 is 27.5 Å². The van der Waals surface area contributed by atoms with Gasteiger partial charge >= 0.3 is 0 Å². The normalized spacial score (nSPS) is 19.6. The van der Waals surface area contributed by atoms with E-state index in [4.69, 9.17) is 0 Å². The van der Waals surface area contributed by atoms with E-state index in [0.29, 0.717) is 16.7 Å². The fourth-order valence-corrected chi connectivity index (χ4v) is 2.46. The Bertz CT molecular complexity index is 453. The number of carbonyl (C=O) groups is 1. The van der Waals surface area contributed by atoms with E-state index in [1.165, 1.54) is 11.0 Å². The number of benzene rings is 1. The number of hydrogen-bond acceptors (Lipinski definition) is 2. The van der Waals surface area contributed by atoms with Crippen LogP contribution in [0.3, 0.4) is 0 Å². The van der Waals surface area contributed by atoms with Crippen LogP contribution in [0.2, 0.25) is 0 Å². The van der Waals surface area contributed by atoms with Crippen LogP contribution in [0.15, 0.2) is 22.7 Å². The van der Waals surface area contributed by atoms with Crippen LogP contribution in [0.1, 0.15) is 19.8 Å². The van der Waals surface area contributed by atoms with Crippen molar-refractivity contribution in [3.05, 3.63) is 28.5 Å². The molecular weight excluding hydrogens is 299 g/mol. The average molecular weight is 315 g/mol. The van der Waals surface area contributed by atoms with Crippen LogP contribution in [0.5, 0.6) is 0 Å². The Morgan fingerprint density at radius 2 is 2.33 bits per heavy atom. The van der Waals surface area contributed by atoms with Gasteiger partial charge in [-0.2, -0.15) is 0 Å². The molecule has 3 nitrogen and oxygen atoms in total. The fourth-order valence-electron chi connectivity index (χ4n) is 2.13. The fraction of sp³-hybridized carbons (Fsp3) is 0.462. The molecule has 1 amide bonds. The molecule has 1 aromatic rings. The molecule has 1 heterocycles. The molecule has 0 spiro atoms. The lowest BCUT2D eigenvalue weighted by Crippen LogP contribution is -2.38. The van der Waals surface area contributed by atoms with E-state index in [2.05, 4.69) is 28.2 Å². The van der Waals surface area contributed by atoms with Crippen molar-refractivity contribution in [3.63, 3.8) is 0 Å². The van der Waals surface area contributed by atoms with Crippen LogP contribution in [0.25, 0.3) is 0 Å². The Morgan fingerprint density at radius 1 is 1.56 bits per heavy atom. The standard InChI is InChI=1S/C13H16BrFN2O/c1-2-6-16-11-5-7-17(13(11)18)12-4-3-9(14)8-10(12)15/h3-4,8,11,16H,2,5-7H2,1H3. The molecule has 1 unspecified atom stereocenters. The maximum atomic E-state index is 13.8. The van der Waals surface area contributed by atoms with Crippen molar-refractivity contribution in [1.29, 1.82) is 0 Å². The van der Waals surface area contributed by atoms with E-state index in [-0.39, 0.29) is 17.8 Å². The van der Waals surface area contributed by atoms with Gasteiger partial charge in [-0.15, -0.1) is 0 Å². The first kappa shape index (κ1) is 13.5. The second-order valence-corrected chi connectivity index (χ2v) is 5.30. The minimum Gasteiger partial charge on any atom is -0.308 e. The predicted octanol–water partition coefficient (Wildman–Crippen LogP) is 2.69. The summed E-state index contributed by atoms with van der Waals surface area (Å²) in [6.45, 7) is 3.43. The molecule has 2 rings (SSSR count). The quantitative estimate of drug-likeness (QED) is 0.926. The van der Waals surface area contributed by atoms with Crippen molar-refractivity contribution in [2.24, 2.45) is 0 Å². The third-order valence-electron chi connectivity index (χ3n) is 3.05. The van der Waals surface area contributed by atoms with Crippen LogP contribution < -0.4 is 10.2 Å². The summed E-state index contributed by atoms with van der Waals surface area (Å²) >= 11 is 3.21. The summed E-state index contributed by atoms with van der Waals surface area (Å²) in [4.78, 5) is 13.7. The Morgan fingerprint density at radius 3 is 3.00 bits per heavy atom. The molecule has 0 saturated carbocycles. The highest BCUT2D eigenvalue weighted by Crippen LogP contribution is 2.27. The van der Waals surface area contributed by atoms with Gasteiger partial charge in [0, 0.05) is 11.0 Å². The van der Waals surface area contributed by atoms with Gasteiger partial charge in [0.1, 0.15) is 5.82 Å². The van der Waals surface area contributed by atoms with E-state index in [9.17, 15) is 9.18 Å². The molecule has 1 saturated heterocycles. The van der Waals surface area contributed by atoms with Gasteiger partial charge in [-0.05, 0) is 37.6 Å². The second-order valence-electron chi connectivity index (χ2n) is 4.38. The maximum absolute atomic E-state index is 13.8. The van der Waals surface area contributed by atoms with E-state index >= 15 is 0 Å². The molecule has 0 bridgehead atoms. The molecule has 1 N–H and O–H groups in total. The van der Waals surface area contributed by atoms with Gasteiger partial charge in [0.2, 0.25) is 5.91 Å². The van der Waals surface area contributed by atoms with Gasteiger partial charge in [0.25, 0.3) is 0 Å². The lowest BCUT2D eigenvalue weighted by atomic mass is 10.2. The molecule has 98 valence electrons. The molecule has 18 heavy (non-hydrogen) atoms. The van der Waals surface area contributed by atoms with Crippen LogP contribution in [-0.4, -0.2) is 25.0 Å². The van der Waals surface area contributed by atoms with Crippen molar-refractivity contribution in [2.45, 2.75) is 25.8 Å². The Kier molecular flexibility index (Phi) is 4.35. The van der Waals surface area contributed by atoms with E-state index in [1.807, 2.05) is 0 Å². The zero-order valence-corrected chi connectivity index (χ0v) is 11.8. The molecule has 1 aromatic carbocycles. The van der Waals surface area contributed by atoms with Crippen LogP contribution in [-0.2, 0) is 4.79 Å². The number of halogens is 2. The number of amides is 1. The second kappa shape index (κ2) is 5.80.